The third-order valence-electron chi connectivity index (χ3n) is 3.75. The molecule has 0 amide bonds. The van der Waals surface area contributed by atoms with Gasteiger partial charge in [0.05, 0.1) is 6.54 Å². The van der Waals surface area contributed by atoms with Gasteiger partial charge in [0.1, 0.15) is 12.4 Å². The number of aliphatic imine (C=N–C) groups is 1. The first-order valence-corrected chi connectivity index (χ1v) is 8.47. The molecule has 2 rings (SSSR count). The number of nitrogens with one attached hydrogen (secondary N) is 2. The van der Waals surface area contributed by atoms with Crippen molar-refractivity contribution in [2.45, 2.75) is 26.3 Å². The summed E-state index contributed by atoms with van der Waals surface area (Å²) < 4.78 is 8.04. The van der Waals surface area contributed by atoms with Crippen LogP contribution >= 0.6 is 0 Å². The summed E-state index contributed by atoms with van der Waals surface area (Å²) in [6.45, 7) is 7.39. The fourth-order valence-electron chi connectivity index (χ4n) is 2.46. The second-order valence-corrected chi connectivity index (χ2v) is 5.89. The van der Waals surface area contributed by atoms with Gasteiger partial charge in [-0.3, -0.25) is 4.99 Å². The van der Waals surface area contributed by atoms with Crippen LogP contribution in [-0.2, 0) is 6.54 Å². The first-order chi connectivity index (χ1) is 11.7. The van der Waals surface area contributed by atoms with E-state index in [0.717, 1.165) is 24.8 Å². The molecule has 130 valence electrons. The molecule has 0 unspecified atom stereocenters. The zero-order chi connectivity index (χ0) is 17.2. The lowest BCUT2D eigenvalue weighted by Gasteiger charge is -2.15. The maximum atomic E-state index is 5.91. The zero-order valence-electron chi connectivity index (χ0n) is 14.8. The van der Waals surface area contributed by atoms with E-state index in [1.807, 2.05) is 24.3 Å². The van der Waals surface area contributed by atoms with Crippen LogP contribution in [0, 0.1) is 0 Å². The first kappa shape index (κ1) is 17.9. The molecule has 0 atom stereocenters. The van der Waals surface area contributed by atoms with Crippen molar-refractivity contribution in [1.82, 2.24) is 15.2 Å². The van der Waals surface area contributed by atoms with Gasteiger partial charge in [0.2, 0.25) is 0 Å². The number of hydrogen-bond acceptors (Lipinski definition) is 2. The molecular formula is C19H28N4O. The summed E-state index contributed by atoms with van der Waals surface area (Å²) in [5.41, 5.74) is 1.24. The van der Waals surface area contributed by atoms with Crippen molar-refractivity contribution in [2.24, 2.45) is 4.99 Å². The summed E-state index contributed by atoms with van der Waals surface area (Å²) >= 11 is 0. The molecule has 0 aliphatic heterocycles. The lowest BCUT2D eigenvalue weighted by molar-refractivity contribution is 0.317. The van der Waals surface area contributed by atoms with Gasteiger partial charge in [-0.25, -0.2) is 0 Å². The minimum absolute atomic E-state index is 0.456. The predicted octanol–water partition coefficient (Wildman–Crippen LogP) is 2.86. The van der Waals surface area contributed by atoms with Crippen LogP contribution in [-0.4, -0.2) is 37.3 Å². The second kappa shape index (κ2) is 9.65. The van der Waals surface area contributed by atoms with Gasteiger partial charge in [-0.05, 0) is 29.7 Å². The zero-order valence-corrected chi connectivity index (χ0v) is 14.8. The van der Waals surface area contributed by atoms with Crippen molar-refractivity contribution in [2.75, 3.05) is 26.7 Å². The Morgan fingerprint density at radius 2 is 1.79 bits per heavy atom. The minimum Gasteiger partial charge on any atom is -0.491 e. The van der Waals surface area contributed by atoms with Gasteiger partial charge in [0, 0.05) is 32.5 Å². The van der Waals surface area contributed by atoms with Crippen LogP contribution < -0.4 is 15.4 Å². The molecule has 0 fully saturated rings. The van der Waals surface area contributed by atoms with Crippen molar-refractivity contribution in [3.05, 3.63) is 54.4 Å². The summed E-state index contributed by atoms with van der Waals surface area (Å²) in [7, 11) is 1.78. The fourth-order valence-corrected chi connectivity index (χ4v) is 2.46. The van der Waals surface area contributed by atoms with Crippen molar-refractivity contribution >= 4 is 5.96 Å². The van der Waals surface area contributed by atoms with E-state index >= 15 is 0 Å². The summed E-state index contributed by atoms with van der Waals surface area (Å²) in [5, 5.41) is 6.57. The number of benzene rings is 1. The van der Waals surface area contributed by atoms with Crippen LogP contribution in [0.3, 0.4) is 0 Å². The Morgan fingerprint density at radius 1 is 1.08 bits per heavy atom. The average molecular weight is 328 g/mol. The van der Waals surface area contributed by atoms with Crippen LogP contribution in [0.4, 0.5) is 0 Å². The highest BCUT2D eigenvalue weighted by atomic mass is 16.5. The number of guanidine groups is 1. The Morgan fingerprint density at radius 3 is 2.50 bits per heavy atom. The minimum atomic E-state index is 0.456. The maximum absolute atomic E-state index is 5.91. The summed E-state index contributed by atoms with van der Waals surface area (Å²) in [5.74, 6) is 2.21. The monoisotopic (exact) mass is 328 g/mol. The maximum Gasteiger partial charge on any atom is 0.191 e. The Kier molecular flexibility index (Phi) is 7.21. The SMILES string of the molecule is CN=C(NCCOc1ccccc1C(C)C)NCCn1cccc1. The van der Waals surface area contributed by atoms with Crippen LogP contribution in [0.5, 0.6) is 5.75 Å². The van der Waals surface area contributed by atoms with Crippen LogP contribution in [0.15, 0.2) is 53.8 Å². The van der Waals surface area contributed by atoms with Crippen LogP contribution in [0.2, 0.25) is 0 Å². The normalized spacial score (nSPS) is 11.6. The molecular weight excluding hydrogens is 300 g/mol. The highest BCUT2D eigenvalue weighted by Gasteiger charge is 2.06. The number of rotatable bonds is 8. The molecule has 2 aromatic rings. The molecule has 0 saturated carbocycles. The molecule has 0 aliphatic carbocycles. The van der Waals surface area contributed by atoms with E-state index in [1.165, 1.54) is 5.56 Å². The summed E-state index contributed by atoms with van der Waals surface area (Å²) in [4.78, 5) is 4.23. The Hall–Kier alpha value is -2.43. The number of nitrogens with zero attached hydrogens (tertiary/aromatic N) is 2. The van der Waals surface area contributed by atoms with E-state index in [2.05, 4.69) is 58.6 Å². The van der Waals surface area contributed by atoms with Gasteiger partial charge in [-0.1, -0.05) is 32.0 Å². The Balaban J connectivity index is 1.69. The summed E-state index contributed by atoms with van der Waals surface area (Å²) in [6, 6.07) is 12.3. The number of hydrogen-bond donors (Lipinski definition) is 2. The molecule has 1 heterocycles. The van der Waals surface area contributed by atoms with Gasteiger partial charge in [0.15, 0.2) is 5.96 Å². The molecule has 2 N–H and O–H groups in total. The van der Waals surface area contributed by atoms with Gasteiger partial charge < -0.3 is 19.9 Å². The van der Waals surface area contributed by atoms with E-state index in [1.54, 1.807) is 7.05 Å². The molecule has 0 spiro atoms. The van der Waals surface area contributed by atoms with Crippen LogP contribution in [0.1, 0.15) is 25.3 Å². The van der Waals surface area contributed by atoms with E-state index in [9.17, 15) is 0 Å². The average Bonchev–Trinajstić information content (AvgIpc) is 3.10. The summed E-state index contributed by atoms with van der Waals surface area (Å²) in [6.07, 6.45) is 4.11. The quantitative estimate of drug-likeness (QED) is 0.445. The largest absolute Gasteiger partial charge is 0.491 e. The molecule has 1 aromatic carbocycles. The number of ether oxygens (including phenoxy) is 1. The van der Waals surface area contributed by atoms with E-state index in [-0.39, 0.29) is 0 Å². The predicted molar refractivity (Wildman–Crippen MR) is 99.8 cm³/mol. The third kappa shape index (κ3) is 5.65. The highest BCUT2D eigenvalue weighted by Crippen LogP contribution is 2.25. The number of para-hydroxylation sites is 1. The van der Waals surface area contributed by atoms with Gasteiger partial charge >= 0.3 is 0 Å². The van der Waals surface area contributed by atoms with Crippen molar-refractivity contribution in [3.63, 3.8) is 0 Å². The van der Waals surface area contributed by atoms with Crippen molar-refractivity contribution < 1.29 is 4.74 Å². The Bertz CT molecular complexity index is 620. The molecule has 24 heavy (non-hydrogen) atoms. The molecule has 0 aliphatic rings. The number of aromatic nitrogens is 1. The standard InChI is InChI=1S/C19H28N4O/c1-16(2)17-8-4-5-9-18(17)24-15-11-22-19(20-3)21-10-14-23-12-6-7-13-23/h4-9,12-13,16H,10-11,14-15H2,1-3H3,(H2,20,21,22). The van der Waals surface area contributed by atoms with Gasteiger partial charge in [-0.2, -0.15) is 0 Å². The van der Waals surface area contributed by atoms with E-state index in [0.29, 0.717) is 19.1 Å². The van der Waals surface area contributed by atoms with Crippen molar-refractivity contribution in [1.29, 1.82) is 0 Å². The first-order valence-electron chi connectivity index (χ1n) is 8.47. The molecule has 1 aromatic heterocycles. The molecule has 0 radical (unpaired) electrons. The lowest BCUT2D eigenvalue weighted by atomic mass is 10.0. The molecule has 0 saturated heterocycles. The Labute approximate surface area is 144 Å². The van der Waals surface area contributed by atoms with Gasteiger partial charge in [-0.15, -0.1) is 0 Å². The molecule has 0 bridgehead atoms. The second-order valence-electron chi connectivity index (χ2n) is 5.89. The third-order valence-corrected chi connectivity index (χ3v) is 3.75. The van der Waals surface area contributed by atoms with Crippen molar-refractivity contribution in [3.8, 4) is 5.75 Å². The molecule has 5 heteroatoms. The van der Waals surface area contributed by atoms with E-state index < -0.39 is 0 Å². The molecule has 5 nitrogen and oxygen atoms in total. The van der Waals surface area contributed by atoms with Gasteiger partial charge in [0.25, 0.3) is 0 Å². The van der Waals surface area contributed by atoms with E-state index in [4.69, 9.17) is 4.74 Å². The fraction of sp³-hybridized carbons (Fsp3) is 0.421. The lowest BCUT2D eigenvalue weighted by Crippen LogP contribution is -2.40. The van der Waals surface area contributed by atoms with Crippen LogP contribution in [0.25, 0.3) is 0 Å². The highest BCUT2D eigenvalue weighted by molar-refractivity contribution is 5.79. The smallest absolute Gasteiger partial charge is 0.191 e. The topological polar surface area (TPSA) is 50.6 Å².